The number of azo groups is 1. The van der Waals surface area contributed by atoms with E-state index in [1.54, 1.807) is 6.07 Å². The van der Waals surface area contributed by atoms with Gasteiger partial charge >= 0.3 is 12.2 Å². The molecule has 10 nitrogen and oxygen atoms in total. The number of carbonyl (C=O) groups is 2. The highest BCUT2D eigenvalue weighted by molar-refractivity contribution is 7.90. The molecule has 0 bridgehead atoms. The number of sulfone groups is 1. The topological polar surface area (TPSA) is 135 Å². The second-order valence-electron chi connectivity index (χ2n) is 8.71. The zero-order valence-electron chi connectivity index (χ0n) is 20.7. The minimum Gasteiger partial charge on any atom is -0.318 e. The van der Waals surface area contributed by atoms with Crippen LogP contribution in [0.25, 0.3) is 16.8 Å². The molecule has 3 aromatic carbocycles. The van der Waals surface area contributed by atoms with Gasteiger partial charge in [0.15, 0.2) is 21.4 Å². The van der Waals surface area contributed by atoms with E-state index in [1.807, 2.05) is 0 Å². The molecule has 1 aliphatic heterocycles. The van der Waals surface area contributed by atoms with Gasteiger partial charge in [-0.05, 0) is 35.9 Å². The van der Waals surface area contributed by atoms with E-state index in [9.17, 15) is 31.2 Å². The molecule has 0 atom stereocenters. The summed E-state index contributed by atoms with van der Waals surface area (Å²) in [6, 6.07) is 14.7. The molecule has 4 aromatic rings. The first-order valence-corrected chi connectivity index (χ1v) is 13.4. The number of rotatable bonds is 6. The average molecular weight is 585 g/mol. The normalized spacial score (nSPS) is 13.4. The molecule has 5 rings (SSSR count). The molecule has 208 valence electrons. The number of aromatic nitrogens is 2. The third kappa shape index (κ3) is 5.65. The van der Waals surface area contributed by atoms with Crippen molar-refractivity contribution in [2.24, 2.45) is 15.2 Å². The Kier molecular flexibility index (Phi) is 6.82. The smallest absolute Gasteiger partial charge is 0.318 e. The predicted molar refractivity (Wildman–Crippen MR) is 138 cm³/mol. The van der Waals surface area contributed by atoms with Gasteiger partial charge in [-0.1, -0.05) is 41.5 Å². The molecule has 0 spiro atoms. The quantitative estimate of drug-likeness (QED) is 0.291. The predicted octanol–water partition coefficient (Wildman–Crippen LogP) is 5.69. The lowest BCUT2D eigenvalue weighted by Gasteiger charge is -2.12. The molecule has 15 heteroatoms. The fourth-order valence-corrected chi connectivity index (χ4v) is 4.91. The van der Waals surface area contributed by atoms with Crippen LogP contribution >= 0.6 is 0 Å². The molecular weight excluding hydrogens is 568 g/mol. The van der Waals surface area contributed by atoms with Crippen LogP contribution in [0.1, 0.15) is 21.7 Å². The van der Waals surface area contributed by atoms with E-state index >= 15 is 4.39 Å². The van der Waals surface area contributed by atoms with Crippen LogP contribution in [0.5, 0.6) is 0 Å². The van der Waals surface area contributed by atoms with Gasteiger partial charge in [-0.2, -0.15) is 23.3 Å². The number of nitrogens with zero attached hydrogens (tertiary/aromatic N) is 5. The number of carbonyl (C=O) groups excluding carboxylic acids is 2. The molecule has 0 aliphatic carbocycles. The Morgan fingerprint density at radius 3 is 2.34 bits per heavy atom. The van der Waals surface area contributed by atoms with Gasteiger partial charge in [-0.15, -0.1) is 5.11 Å². The largest absolute Gasteiger partial charge is 0.435 e. The van der Waals surface area contributed by atoms with E-state index in [0.717, 1.165) is 18.4 Å². The summed E-state index contributed by atoms with van der Waals surface area (Å²) in [5.74, 6) is -2.15. The zero-order valence-corrected chi connectivity index (χ0v) is 21.5. The van der Waals surface area contributed by atoms with Crippen molar-refractivity contribution in [1.82, 2.24) is 9.78 Å². The Bertz CT molecular complexity index is 1900. The molecule has 2 heterocycles. The van der Waals surface area contributed by atoms with Crippen molar-refractivity contribution in [3.8, 4) is 16.8 Å². The number of benzene rings is 3. The number of urea groups is 1. The van der Waals surface area contributed by atoms with Gasteiger partial charge in [-0.3, -0.25) is 4.79 Å². The number of halogens is 4. The lowest BCUT2D eigenvalue weighted by Crippen LogP contribution is -2.18. The number of hydrogen-bond donors (Lipinski definition) is 1. The number of hydrogen-bond acceptors (Lipinski definition) is 6. The van der Waals surface area contributed by atoms with Gasteiger partial charge in [0.25, 0.3) is 5.91 Å². The summed E-state index contributed by atoms with van der Waals surface area (Å²) in [6.45, 7) is 0. The molecule has 0 saturated carbocycles. The summed E-state index contributed by atoms with van der Waals surface area (Å²) in [5, 5.41) is 12.6. The Hall–Kier alpha value is -5.05. The van der Waals surface area contributed by atoms with Crippen molar-refractivity contribution in [3.05, 3.63) is 95.6 Å². The summed E-state index contributed by atoms with van der Waals surface area (Å²) in [5.41, 5.74) is -1.68. The van der Waals surface area contributed by atoms with Crippen LogP contribution < -0.4 is 5.32 Å². The Morgan fingerprint density at radius 1 is 0.927 bits per heavy atom. The van der Waals surface area contributed by atoms with Crippen LogP contribution in [0.4, 0.5) is 28.0 Å². The molecular formula is C26H16F4N6O4S. The van der Waals surface area contributed by atoms with Gasteiger partial charge in [-0.25, -0.2) is 22.3 Å². The van der Waals surface area contributed by atoms with Crippen molar-refractivity contribution in [2.45, 2.75) is 11.1 Å². The van der Waals surface area contributed by atoms with E-state index in [0.29, 0.717) is 10.7 Å². The highest BCUT2D eigenvalue weighted by Crippen LogP contribution is 2.32. The molecule has 0 fully saturated rings. The monoisotopic (exact) mass is 584 g/mol. The van der Waals surface area contributed by atoms with E-state index in [4.69, 9.17) is 0 Å². The van der Waals surface area contributed by atoms with Crippen molar-refractivity contribution in [1.29, 1.82) is 0 Å². The standard InChI is InChI=1S/C26H16F4N6O4S/c1-41(39,40)21-8-3-2-7-17(21)14-9-10-19(18(27)12-14)31-24(37)20-13-22(26(28,29)30)35-36(20)16-6-4-5-15(11-16)23-32-25(38)34-33-23/h2-13H,1H3,(H,31,37). The van der Waals surface area contributed by atoms with Gasteiger partial charge in [0, 0.05) is 23.4 Å². The minimum absolute atomic E-state index is 0.00593. The maximum atomic E-state index is 15.1. The SMILES string of the molecule is CS(=O)(=O)c1ccccc1-c1ccc(NC(=O)c2cc(C(F)(F)F)nn2-c2cccc(C3=NC(=O)N=N3)c2)c(F)c1. The number of nitrogens with one attached hydrogen (secondary N) is 1. The fourth-order valence-electron chi connectivity index (χ4n) is 4.00. The zero-order chi connectivity index (χ0) is 29.5. The van der Waals surface area contributed by atoms with Crippen molar-refractivity contribution >= 4 is 33.3 Å². The van der Waals surface area contributed by atoms with E-state index in [1.165, 1.54) is 48.5 Å². The summed E-state index contributed by atoms with van der Waals surface area (Å²) >= 11 is 0. The molecule has 1 aromatic heterocycles. The van der Waals surface area contributed by atoms with Crippen LogP contribution in [0, 0.1) is 5.82 Å². The Labute approximate surface area is 229 Å². The van der Waals surface area contributed by atoms with Crippen LogP contribution in [-0.4, -0.2) is 42.2 Å². The summed E-state index contributed by atoms with van der Waals surface area (Å²) in [4.78, 5) is 28.0. The van der Waals surface area contributed by atoms with Crippen LogP contribution in [0.15, 0.2) is 92.9 Å². The van der Waals surface area contributed by atoms with Crippen LogP contribution in [0.3, 0.4) is 0 Å². The first-order valence-electron chi connectivity index (χ1n) is 11.5. The van der Waals surface area contributed by atoms with E-state index < -0.39 is 45.2 Å². The molecule has 41 heavy (non-hydrogen) atoms. The van der Waals surface area contributed by atoms with Crippen molar-refractivity contribution < 1.29 is 35.6 Å². The van der Waals surface area contributed by atoms with Crippen molar-refractivity contribution in [3.63, 3.8) is 0 Å². The van der Waals surface area contributed by atoms with Gasteiger partial charge < -0.3 is 5.32 Å². The number of aliphatic imine (C=N–C) groups is 1. The fraction of sp³-hybridized carbons (Fsp3) is 0.0769. The molecule has 1 aliphatic rings. The van der Waals surface area contributed by atoms with Crippen LogP contribution in [-0.2, 0) is 16.0 Å². The molecule has 0 radical (unpaired) electrons. The Morgan fingerprint density at radius 2 is 1.68 bits per heavy atom. The third-order valence-corrected chi connectivity index (χ3v) is 6.98. The summed E-state index contributed by atoms with van der Waals surface area (Å²) in [7, 11) is -3.64. The van der Waals surface area contributed by atoms with Crippen LogP contribution in [0.2, 0.25) is 0 Å². The molecule has 0 saturated heterocycles. The van der Waals surface area contributed by atoms with E-state index in [2.05, 4.69) is 25.6 Å². The maximum absolute atomic E-state index is 15.1. The molecule has 0 unspecified atom stereocenters. The van der Waals surface area contributed by atoms with Gasteiger partial charge in [0.2, 0.25) is 0 Å². The highest BCUT2D eigenvalue weighted by Gasteiger charge is 2.36. The molecule has 1 N–H and O–H groups in total. The van der Waals surface area contributed by atoms with Gasteiger partial charge in [0.05, 0.1) is 16.3 Å². The highest BCUT2D eigenvalue weighted by atomic mass is 32.2. The summed E-state index contributed by atoms with van der Waals surface area (Å²) < 4.78 is 80.7. The average Bonchev–Trinajstić information content (AvgIpc) is 3.57. The Balaban J connectivity index is 1.50. The maximum Gasteiger partial charge on any atom is 0.435 e. The first kappa shape index (κ1) is 27.5. The van der Waals surface area contributed by atoms with Crippen molar-refractivity contribution in [2.75, 3.05) is 11.6 Å². The molecule has 3 amide bonds. The number of anilines is 1. The number of amides is 3. The second kappa shape index (κ2) is 10.2. The second-order valence-corrected chi connectivity index (χ2v) is 10.7. The summed E-state index contributed by atoms with van der Waals surface area (Å²) in [6.07, 6.45) is -3.90. The lowest BCUT2D eigenvalue weighted by atomic mass is 10.0. The lowest BCUT2D eigenvalue weighted by molar-refractivity contribution is -0.141. The number of amidine groups is 1. The van der Waals surface area contributed by atoms with E-state index in [-0.39, 0.29) is 38.8 Å². The first-order chi connectivity index (χ1) is 19.3. The number of alkyl halides is 3. The minimum atomic E-state index is -4.91. The third-order valence-electron chi connectivity index (χ3n) is 5.83. The van der Waals surface area contributed by atoms with Gasteiger partial charge in [0.1, 0.15) is 11.5 Å².